The highest BCUT2D eigenvalue weighted by Gasteiger charge is 2.24. The third-order valence-electron chi connectivity index (χ3n) is 4.21. The molecule has 0 aliphatic heterocycles. The largest absolute Gasteiger partial charge is 0.0720 e. The number of rotatable bonds is 1. The van der Waals surface area contributed by atoms with Gasteiger partial charge in [0.05, 0.1) is 0 Å². The zero-order chi connectivity index (χ0) is 14.4. The Balaban J connectivity index is 2.20. The summed E-state index contributed by atoms with van der Waals surface area (Å²) in [4.78, 5) is 0. The lowest BCUT2D eigenvalue weighted by Crippen LogP contribution is -2.04. The van der Waals surface area contributed by atoms with Gasteiger partial charge in [-0.05, 0) is 73.2 Å². The van der Waals surface area contributed by atoms with Gasteiger partial charge in [-0.3, -0.25) is 0 Å². The number of benzene rings is 2. The molecule has 1 unspecified atom stereocenters. The van der Waals surface area contributed by atoms with E-state index in [4.69, 9.17) is 0 Å². The van der Waals surface area contributed by atoms with Crippen LogP contribution in [0.4, 0.5) is 0 Å². The van der Waals surface area contributed by atoms with Gasteiger partial charge < -0.3 is 0 Å². The summed E-state index contributed by atoms with van der Waals surface area (Å²) in [6.45, 7) is 8.84. The Labute approximate surface area is 129 Å². The van der Waals surface area contributed by atoms with Gasteiger partial charge >= 0.3 is 0 Å². The topological polar surface area (TPSA) is 0 Å². The van der Waals surface area contributed by atoms with Gasteiger partial charge in [-0.2, -0.15) is 0 Å². The summed E-state index contributed by atoms with van der Waals surface area (Å²) < 4.78 is 1.16. The van der Waals surface area contributed by atoms with Crippen LogP contribution in [0.3, 0.4) is 0 Å². The summed E-state index contributed by atoms with van der Waals surface area (Å²) in [5, 5.41) is 0. The summed E-state index contributed by atoms with van der Waals surface area (Å²) in [5.41, 5.74) is 9.78. The molecule has 1 atom stereocenters. The van der Waals surface area contributed by atoms with E-state index in [1.54, 1.807) is 0 Å². The van der Waals surface area contributed by atoms with E-state index in [1.165, 1.54) is 38.9 Å². The molecule has 0 spiro atoms. The molecule has 0 aromatic heterocycles. The number of aryl methyl sites for hydroxylation is 4. The number of hydrogen-bond donors (Lipinski definition) is 0. The fourth-order valence-electron chi connectivity index (χ4n) is 3.56. The molecule has 102 valence electrons. The van der Waals surface area contributed by atoms with Gasteiger partial charge in [0.25, 0.3) is 0 Å². The van der Waals surface area contributed by atoms with Crippen LogP contribution >= 0.6 is 15.9 Å². The number of hydrogen-bond acceptors (Lipinski definition) is 0. The summed E-state index contributed by atoms with van der Waals surface area (Å²) in [6.07, 6.45) is 4.60. The minimum Gasteiger partial charge on any atom is -0.0720 e. The Morgan fingerprint density at radius 2 is 1.40 bits per heavy atom. The predicted molar refractivity (Wildman–Crippen MR) is 90.4 cm³/mol. The highest BCUT2D eigenvalue weighted by atomic mass is 79.9. The van der Waals surface area contributed by atoms with Crippen LogP contribution < -0.4 is 0 Å². The van der Waals surface area contributed by atoms with Crippen LogP contribution in [-0.2, 0) is 0 Å². The molecule has 2 aromatic carbocycles. The van der Waals surface area contributed by atoms with E-state index in [0.29, 0.717) is 5.92 Å². The molecule has 1 aliphatic rings. The van der Waals surface area contributed by atoms with Crippen molar-refractivity contribution in [2.45, 2.75) is 33.6 Å². The van der Waals surface area contributed by atoms with Crippen LogP contribution in [0.25, 0.3) is 6.08 Å². The Morgan fingerprint density at radius 3 is 2.05 bits per heavy atom. The molecule has 0 nitrogen and oxygen atoms in total. The summed E-state index contributed by atoms with van der Waals surface area (Å²) >= 11 is 3.60. The van der Waals surface area contributed by atoms with Gasteiger partial charge in [0.15, 0.2) is 0 Å². The zero-order valence-corrected chi connectivity index (χ0v) is 14.0. The Morgan fingerprint density at radius 1 is 0.800 bits per heavy atom. The maximum absolute atomic E-state index is 3.60. The van der Waals surface area contributed by atoms with Crippen LogP contribution in [0.1, 0.15) is 44.9 Å². The molecule has 1 heteroatoms. The van der Waals surface area contributed by atoms with Crippen molar-refractivity contribution < 1.29 is 0 Å². The summed E-state index contributed by atoms with van der Waals surface area (Å²) in [6, 6.07) is 9.03. The molecular weight excluding hydrogens is 308 g/mol. The molecule has 0 amide bonds. The maximum Gasteiger partial charge on any atom is 0.0286 e. The first-order valence-corrected chi connectivity index (χ1v) is 7.82. The molecule has 0 saturated carbocycles. The quantitative estimate of drug-likeness (QED) is 0.617. The molecular formula is C19H19Br. The highest BCUT2D eigenvalue weighted by molar-refractivity contribution is 9.10. The normalized spacial score (nSPS) is 16.6. The van der Waals surface area contributed by atoms with E-state index in [1.807, 2.05) is 0 Å². The third-order valence-corrected chi connectivity index (χ3v) is 4.67. The fourth-order valence-corrected chi connectivity index (χ4v) is 4.15. The van der Waals surface area contributed by atoms with Crippen molar-refractivity contribution in [2.75, 3.05) is 0 Å². The van der Waals surface area contributed by atoms with Crippen LogP contribution in [0.2, 0.25) is 0 Å². The monoisotopic (exact) mass is 326 g/mol. The van der Waals surface area contributed by atoms with E-state index in [0.717, 1.165) is 4.47 Å². The minimum atomic E-state index is 0.402. The zero-order valence-electron chi connectivity index (χ0n) is 12.4. The third kappa shape index (κ3) is 2.14. The van der Waals surface area contributed by atoms with Crippen LogP contribution in [-0.4, -0.2) is 0 Å². The van der Waals surface area contributed by atoms with Crippen molar-refractivity contribution in [3.8, 4) is 0 Å². The SMILES string of the molecule is Cc1cc(C)c(C2C=Cc3cc(Br)cc(C)c32)c(C)c1. The Hall–Kier alpha value is -1.34. The Bertz CT molecular complexity index is 700. The standard InChI is InChI=1S/C19H19Br/c1-11-7-12(2)18(13(3)8-11)17-6-5-15-10-16(20)9-14(4)19(15)17/h5-10,17H,1-4H3. The molecule has 20 heavy (non-hydrogen) atoms. The molecule has 0 fully saturated rings. The van der Waals surface area contributed by atoms with Crippen molar-refractivity contribution >= 4 is 22.0 Å². The van der Waals surface area contributed by atoms with Gasteiger partial charge in [0, 0.05) is 10.4 Å². The predicted octanol–water partition coefficient (Wildman–Crippen LogP) is 5.84. The molecule has 0 N–H and O–H groups in total. The van der Waals surface area contributed by atoms with E-state index >= 15 is 0 Å². The van der Waals surface area contributed by atoms with Crippen molar-refractivity contribution in [1.29, 1.82) is 0 Å². The Kier molecular flexibility index (Phi) is 3.33. The first kappa shape index (κ1) is 13.6. The number of allylic oxidation sites excluding steroid dienone is 1. The second-order valence-corrected chi connectivity index (χ2v) is 6.79. The average Bonchev–Trinajstić information content (AvgIpc) is 2.71. The lowest BCUT2D eigenvalue weighted by atomic mass is 9.84. The molecule has 1 aliphatic carbocycles. The van der Waals surface area contributed by atoms with E-state index < -0.39 is 0 Å². The smallest absolute Gasteiger partial charge is 0.0286 e. The minimum absolute atomic E-state index is 0.402. The maximum atomic E-state index is 3.60. The lowest BCUT2D eigenvalue weighted by molar-refractivity contribution is 0.989. The number of fused-ring (bicyclic) bond motifs is 1. The van der Waals surface area contributed by atoms with E-state index in [-0.39, 0.29) is 0 Å². The van der Waals surface area contributed by atoms with Crippen LogP contribution in [0, 0.1) is 27.7 Å². The second-order valence-electron chi connectivity index (χ2n) is 5.87. The van der Waals surface area contributed by atoms with Crippen molar-refractivity contribution in [3.63, 3.8) is 0 Å². The van der Waals surface area contributed by atoms with Gasteiger partial charge in [-0.1, -0.05) is 45.8 Å². The first-order chi connectivity index (χ1) is 9.47. The van der Waals surface area contributed by atoms with Crippen molar-refractivity contribution in [3.05, 3.63) is 73.8 Å². The molecule has 0 saturated heterocycles. The van der Waals surface area contributed by atoms with Gasteiger partial charge in [-0.25, -0.2) is 0 Å². The fraction of sp³-hybridized carbons (Fsp3) is 0.263. The highest BCUT2D eigenvalue weighted by Crippen LogP contribution is 2.41. The van der Waals surface area contributed by atoms with Crippen LogP contribution in [0.15, 0.2) is 34.8 Å². The van der Waals surface area contributed by atoms with Crippen molar-refractivity contribution in [1.82, 2.24) is 0 Å². The lowest BCUT2D eigenvalue weighted by Gasteiger charge is -2.20. The van der Waals surface area contributed by atoms with E-state index in [2.05, 4.69) is 80.0 Å². The van der Waals surface area contributed by atoms with Crippen LogP contribution in [0.5, 0.6) is 0 Å². The summed E-state index contributed by atoms with van der Waals surface area (Å²) in [5.74, 6) is 0.402. The van der Waals surface area contributed by atoms with Gasteiger partial charge in [-0.15, -0.1) is 0 Å². The van der Waals surface area contributed by atoms with Gasteiger partial charge in [0.2, 0.25) is 0 Å². The van der Waals surface area contributed by atoms with Gasteiger partial charge in [0.1, 0.15) is 0 Å². The molecule has 0 heterocycles. The van der Waals surface area contributed by atoms with Crippen molar-refractivity contribution in [2.24, 2.45) is 0 Å². The molecule has 3 rings (SSSR count). The molecule has 0 radical (unpaired) electrons. The molecule has 2 aromatic rings. The average molecular weight is 327 g/mol. The summed E-state index contributed by atoms with van der Waals surface area (Å²) in [7, 11) is 0. The second kappa shape index (κ2) is 4.89. The van der Waals surface area contributed by atoms with E-state index in [9.17, 15) is 0 Å². The first-order valence-electron chi connectivity index (χ1n) is 7.03. The molecule has 0 bridgehead atoms. The number of halogens is 1.